The molecule has 1 heterocycles. The zero-order chi connectivity index (χ0) is 17.1. The monoisotopic (exact) mass is 326 g/mol. The van der Waals surface area contributed by atoms with E-state index in [4.69, 9.17) is 4.74 Å². The molecule has 4 heteroatoms. The van der Waals surface area contributed by atoms with Crippen molar-refractivity contribution in [3.05, 3.63) is 65.2 Å². The molecule has 0 aliphatic carbocycles. The topological polar surface area (TPSA) is 66.8 Å². The Hall–Kier alpha value is -2.33. The number of fused-ring (bicyclic) bond motifs is 1. The van der Waals surface area contributed by atoms with E-state index in [1.54, 1.807) is 18.2 Å². The van der Waals surface area contributed by atoms with Crippen LogP contribution >= 0.6 is 0 Å². The van der Waals surface area contributed by atoms with Crippen LogP contribution in [0.15, 0.2) is 48.5 Å². The third-order valence-electron chi connectivity index (χ3n) is 4.71. The van der Waals surface area contributed by atoms with Gasteiger partial charge < -0.3 is 14.9 Å². The Kier molecular flexibility index (Phi) is 4.86. The van der Waals surface area contributed by atoms with Gasteiger partial charge in [0, 0.05) is 11.5 Å². The van der Waals surface area contributed by atoms with Crippen LogP contribution < -0.4 is 4.74 Å². The third-order valence-corrected chi connectivity index (χ3v) is 4.71. The molecule has 126 valence electrons. The number of hydrogen-bond acceptors (Lipinski definition) is 3. The Balaban J connectivity index is 1.81. The van der Waals surface area contributed by atoms with E-state index in [2.05, 4.69) is 0 Å². The quantitative estimate of drug-likeness (QED) is 0.882. The number of carbonyl (C=O) groups is 1. The minimum Gasteiger partial charge on any atom is -0.493 e. The van der Waals surface area contributed by atoms with E-state index in [0.717, 1.165) is 17.5 Å². The van der Waals surface area contributed by atoms with E-state index in [1.807, 2.05) is 37.3 Å². The predicted octanol–water partition coefficient (Wildman–Crippen LogP) is 3.55. The highest BCUT2D eigenvalue weighted by Crippen LogP contribution is 2.38. The molecule has 3 unspecified atom stereocenters. The van der Waals surface area contributed by atoms with E-state index in [0.29, 0.717) is 18.8 Å². The minimum absolute atomic E-state index is 0.00723. The zero-order valence-corrected chi connectivity index (χ0v) is 13.7. The molecule has 0 amide bonds. The van der Waals surface area contributed by atoms with Crippen LogP contribution in [0.4, 0.5) is 0 Å². The lowest BCUT2D eigenvalue weighted by Gasteiger charge is -2.31. The van der Waals surface area contributed by atoms with Crippen molar-refractivity contribution in [2.75, 3.05) is 6.61 Å². The fraction of sp³-hybridized carbons (Fsp3) is 0.350. The SMILES string of the molecule is CCC(C(=O)O)c1ccc2c(c1)OCC(Cc1ccccc1)C2O. The molecule has 0 bridgehead atoms. The maximum atomic E-state index is 11.3. The van der Waals surface area contributed by atoms with Gasteiger partial charge in [0.2, 0.25) is 0 Å². The summed E-state index contributed by atoms with van der Waals surface area (Å²) in [7, 11) is 0. The summed E-state index contributed by atoms with van der Waals surface area (Å²) in [4.78, 5) is 11.3. The van der Waals surface area contributed by atoms with Crippen molar-refractivity contribution in [2.45, 2.75) is 31.8 Å². The second-order valence-electron chi connectivity index (χ2n) is 6.30. The first-order valence-electron chi connectivity index (χ1n) is 8.31. The average Bonchev–Trinajstić information content (AvgIpc) is 2.59. The molecule has 1 aliphatic heterocycles. The average molecular weight is 326 g/mol. The molecule has 0 spiro atoms. The lowest BCUT2D eigenvalue weighted by atomic mass is 9.86. The Morgan fingerprint density at radius 1 is 1.25 bits per heavy atom. The van der Waals surface area contributed by atoms with Crippen molar-refractivity contribution in [1.82, 2.24) is 0 Å². The molecule has 0 aromatic heterocycles. The molecule has 3 rings (SSSR count). The molecular formula is C20H22O4. The molecule has 2 aromatic carbocycles. The molecule has 2 N–H and O–H groups in total. The zero-order valence-electron chi connectivity index (χ0n) is 13.7. The lowest BCUT2D eigenvalue weighted by Crippen LogP contribution is -2.28. The van der Waals surface area contributed by atoms with Crippen molar-refractivity contribution < 1.29 is 19.7 Å². The Morgan fingerprint density at radius 3 is 2.67 bits per heavy atom. The largest absolute Gasteiger partial charge is 0.493 e. The highest BCUT2D eigenvalue weighted by Gasteiger charge is 2.30. The van der Waals surface area contributed by atoms with E-state index in [9.17, 15) is 15.0 Å². The van der Waals surface area contributed by atoms with Gasteiger partial charge in [-0.05, 0) is 30.0 Å². The van der Waals surface area contributed by atoms with Crippen molar-refractivity contribution in [3.63, 3.8) is 0 Å². The van der Waals surface area contributed by atoms with Crippen molar-refractivity contribution in [3.8, 4) is 5.75 Å². The van der Waals surface area contributed by atoms with Crippen LogP contribution in [0.3, 0.4) is 0 Å². The standard InChI is InChI=1S/C20H22O4/c1-2-16(20(22)23)14-8-9-17-18(11-14)24-12-15(19(17)21)10-13-6-4-3-5-7-13/h3-9,11,15-16,19,21H,2,10,12H2,1H3,(H,22,23). The number of carboxylic acids is 1. The number of aliphatic carboxylic acids is 1. The van der Waals surface area contributed by atoms with E-state index in [-0.39, 0.29) is 5.92 Å². The van der Waals surface area contributed by atoms with Gasteiger partial charge in [-0.25, -0.2) is 0 Å². The van der Waals surface area contributed by atoms with Gasteiger partial charge in [0.05, 0.1) is 18.6 Å². The Morgan fingerprint density at radius 2 is 2.00 bits per heavy atom. The van der Waals surface area contributed by atoms with Crippen LogP contribution in [-0.2, 0) is 11.2 Å². The lowest BCUT2D eigenvalue weighted by molar-refractivity contribution is -0.138. The molecule has 4 nitrogen and oxygen atoms in total. The molecule has 3 atom stereocenters. The maximum Gasteiger partial charge on any atom is 0.310 e. The van der Waals surface area contributed by atoms with Crippen molar-refractivity contribution in [1.29, 1.82) is 0 Å². The van der Waals surface area contributed by atoms with Gasteiger partial charge in [0.1, 0.15) is 5.75 Å². The molecule has 0 saturated carbocycles. The van der Waals surface area contributed by atoms with Crippen LogP contribution in [0, 0.1) is 5.92 Å². The number of ether oxygens (including phenoxy) is 1. The third kappa shape index (κ3) is 3.29. The van der Waals surface area contributed by atoms with Crippen molar-refractivity contribution >= 4 is 5.97 Å². The minimum atomic E-state index is -0.837. The maximum absolute atomic E-state index is 11.3. The summed E-state index contributed by atoms with van der Waals surface area (Å²) < 4.78 is 5.84. The number of rotatable bonds is 5. The molecular weight excluding hydrogens is 304 g/mol. The van der Waals surface area contributed by atoms with Crippen LogP contribution in [0.1, 0.15) is 42.1 Å². The first-order chi connectivity index (χ1) is 11.6. The Labute approximate surface area is 141 Å². The summed E-state index contributed by atoms with van der Waals surface area (Å²) in [5, 5.41) is 20.0. The van der Waals surface area contributed by atoms with E-state index < -0.39 is 18.0 Å². The van der Waals surface area contributed by atoms with Gasteiger partial charge in [-0.2, -0.15) is 0 Å². The van der Waals surface area contributed by atoms with Crippen molar-refractivity contribution in [2.24, 2.45) is 5.92 Å². The number of aliphatic hydroxyl groups excluding tert-OH is 1. The molecule has 1 aliphatic rings. The summed E-state index contributed by atoms with van der Waals surface area (Å²) in [5.41, 5.74) is 2.63. The molecule has 0 radical (unpaired) electrons. The predicted molar refractivity (Wildman–Crippen MR) is 91.2 cm³/mol. The summed E-state index contributed by atoms with van der Waals surface area (Å²) in [5.74, 6) is -0.787. The number of aliphatic hydroxyl groups is 1. The highest BCUT2D eigenvalue weighted by atomic mass is 16.5. The Bertz CT molecular complexity index is 711. The molecule has 0 saturated heterocycles. The molecule has 24 heavy (non-hydrogen) atoms. The van der Waals surface area contributed by atoms with Gasteiger partial charge in [-0.1, -0.05) is 49.4 Å². The second kappa shape index (κ2) is 7.05. The normalized spacial score (nSPS) is 20.8. The first-order valence-corrected chi connectivity index (χ1v) is 8.31. The van der Waals surface area contributed by atoms with Gasteiger partial charge >= 0.3 is 5.97 Å². The number of benzene rings is 2. The second-order valence-corrected chi connectivity index (χ2v) is 6.30. The summed E-state index contributed by atoms with van der Waals surface area (Å²) >= 11 is 0. The van der Waals surface area contributed by atoms with Crippen LogP contribution in [0.2, 0.25) is 0 Å². The highest BCUT2D eigenvalue weighted by molar-refractivity contribution is 5.76. The van der Waals surface area contributed by atoms with Gasteiger partial charge in [0.15, 0.2) is 0 Å². The van der Waals surface area contributed by atoms with E-state index >= 15 is 0 Å². The summed E-state index contributed by atoms with van der Waals surface area (Å²) in [6.45, 7) is 2.28. The first kappa shape index (κ1) is 16.5. The number of hydrogen-bond donors (Lipinski definition) is 2. The van der Waals surface area contributed by atoms with Crippen LogP contribution in [0.5, 0.6) is 5.75 Å². The fourth-order valence-corrected chi connectivity index (χ4v) is 3.32. The smallest absolute Gasteiger partial charge is 0.310 e. The summed E-state index contributed by atoms with van der Waals surface area (Å²) in [6.07, 6.45) is 0.663. The van der Waals surface area contributed by atoms with Gasteiger partial charge in [0.25, 0.3) is 0 Å². The van der Waals surface area contributed by atoms with E-state index in [1.165, 1.54) is 5.56 Å². The van der Waals surface area contributed by atoms with Gasteiger partial charge in [-0.3, -0.25) is 4.79 Å². The summed E-state index contributed by atoms with van der Waals surface area (Å²) in [6, 6.07) is 15.4. The molecule has 2 aromatic rings. The van der Waals surface area contributed by atoms with Crippen LogP contribution in [-0.4, -0.2) is 22.8 Å². The molecule has 0 fully saturated rings. The fourth-order valence-electron chi connectivity index (χ4n) is 3.32. The van der Waals surface area contributed by atoms with Crippen LogP contribution in [0.25, 0.3) is 0 Å². The van der Waals surface area contributed by atoms with Gasteiger partial charge in [-0.15, -0.1) is 0 Å². The number of carboxylic acid groups (broad SMARTS) is 1.